The Morgan fingerprint density at radius 3 is 0.844 bits per heavy atom. The van der Waals surface area contributed by atoms with Crippen LogP contribution in [0.5, 0.6) is 0 Å². The molecule has 0 radical (unpaired) electrons. The molecule has 0 bridgehead atoms. The number of ketones is 3. The number of thioether (sulfide) groups is 2. The van der Waals surface area contributed by atoms with Crippen molar-refractivity contribution in [1.29, 1.82) is 0 Å². The summed E-state index contributed by atoms with van der Waals surface area (Å²) < 4.78 is 108. The van der Waals surface area contributed by atoms with Gasteiger partial charge in [0.15, 0.2) is 0 Å². The monoisotopic (exact) mass is 1130 g/mol. The molecule has 77 heavy (non-hydrogen) atoms. The van der Waals surface area contributed by atoms with Crippen molar-refractivity contribution in [2.75, 3.05) is 23.0 Å². The second-order valence-electron chi connectivity index (χ2n) is 16.5. The van der Waals surface area contributed by atoms with E-state index in [4.69, 9.17) is 0 Å². The second-order valence-corrected chi connectivity index (χ2v) is 18.6. The van der Waals surface area contributed by atoms with Crippen LogP contribution in [0.4, 0.5) is 39.5 Å². The van der Waals surface area contributed by atoms with E-state index in [2.05, 4.69) is 161 Å². The highest BCUT2D eigenvalue weighted by atomic mass is 32.2. The van der Waals surface area contributed by atoms with Crippen LogP contribution in [0.2, 0.25) is 0 Å². The fourth-order valence-electron chi connectivity index (χ4n) is 5.43. The molecule has 14 heteroatoms. The van der Waals surface area contributed by atoms with E-state index < -0.39 is 53.8 Å². The van der Waals surface area contributed by atoms with Crippen molar-refractivity contribution in [3.05, 3.63) is 182 Å². The number of unbranched alkanes of at least 4 members (excludes halogenated alkanes) is 2. The lowest BCUT2D eigenvalue weighted by molar-refractivity contribution is -0.171. The number of carbonyl (C=O) groups is 3. The van der Waals surface area contributed by atoms with Gasteiger partial charge >= 0.3 is 18.5 Å². The highest BCUT2D eigenvalue weighted by molar-refractivity contribution is 8.00. The summed E-state index contributed by atoms with van der Waals surface area (Å²) in [5, 5.41) is 0. The number of rotatable bonds is 41. The molecule has 432 valence electrons. The quantitative estimate of drug-likeness (QED) is 0.0347. The minimum absolute atomic E-state index is 0.239. The standard InChI is InChI=1S/2C21H29F3OS.C21H29F3O/c2*1-2-3-4-5-6-7-8-9-10-11-12-13-14-15-16-17-18-26-19-20(25)21(22,23)24;1-2-3-4-5-6-7-8-9-10-11-12-13-14-15-16-17-18-19-20(25)21(22,23)24/h3-4,6-7,9-10,12-13,16-17H,2,5,8,11,14-15,18-19H2,1H3;3-4,6-7,9-10,12-13,15-16H,2,5,8,11,14,17-19H2,1H3;3-4,6-7,9-10,12-13,15-16H,2,5,8,11,14,17-19H2,1H3/b4-3-,7-6-,10-9-,13-12-,17-16+;2*4-3-,7-6-,10-9-,13-12-,16-15-. The molecule has 0 aromatic rings. The largest absolute Gasteiger partial charge is 0.450 e. The maximum atomic E-state index is 12.0. The highest BCUT2D eigenvalue weighted by Crippen LogP contribution is 2.21. The van der Waals surface area contributed by atoms with E-state index in [0.29, 0.717) is 24.3 Å². The van der Waals surface area contributed by atoms with Crippen LogP contribution in [0.1, 0.15) is 149 Å². The van der Waals surface area contributed by atoms with Crippen molar-refractivity contribution in [2.45, 2.75) is 168 Å². The molecule has 0 saturated heterocycles. The molecule has 0 rings (SSSR count). The molecule has 0 aromatic carbocycles. The molecular formula is C63H87F9O3S2. The van der Waals surface area contributed by atoms with Gasteiger partial charge in [0.2, 0.25) is 17.3 Å². The molecule has 0 atom stereocenters. The SMILES string of the molecule is CC/C=C\C/C=C\C/C=C\C/C=C\C/C=C\CCCC(=O)C(F)(F)F.CC/C=C\C/C=C\C/C=C\C/C=C\C/C=C\CCSCC(=O)C(F)(F)F.CC/C=C\C/C=C\C/C=C\C/C=C\CC/C=C/CSCC(=O)C(F)(F)F. The fraction of sp³-hybridized carbons (Fsp3) is 0.476. The fourth-order valence-corrected chi connectivity index (χ4v) is 6.97. The normalized spacial score (nSPS) is 13.4. The summed E-state index contributed by atoms with van der Waals surface area (Å²) in [6.07, 6.45) is 64.4. The molecule has 0 aromatic heterocycles. The van der Waals surface area contributed by atoms with Crippen LogP contribution >= 0.6 is 23.5 Å². The lowest BCUT2D eigenvalue weighted by Crippen LogP contribution is -2.24. The molecule has 0 aliphatic carbocycles. The molecule has 0 unspecified atom stereocenters. The summed E-state index contributed by atoms with van der Waals surface area (Å²) in [6, 6.07) is 0. The van der Waals surface area contributed by atoms with Crippen molar-refractivity contribution in [2.24, 2.45) is 0 Å². The molecule has 0 N–H and O–H groups in total. The number of allylic oxidation sites excluding steroid dienone is 29. The van der Waals surface area contributed by atoms with E-state index in [1.54, 1.807) is 0 Å². The average Bonchev–Trinajstić information content (AvgIpc) is 3.38. The summed E-state index contributed by atoms with van der Waals surface area (Å²) in [4.78, 5) is 31.9. The summed E-state index contributed by atoms with van der Waals surface area (Å²) >= 11 is 2.00. The third-order valence-corrected chi connectivity index (χ3v) is 11.4. The van der Waals surface area contributed by atoms with Gasteiger partial charge in [0.05, 0.1) is 11.5 Å². The van der Waals surface area contributed by atoms with E-state index in [1.165, 1.54) is 0 Å². The number of carbonyl (C=O) groups excluding carboxylic acids is 3. The van der Waals surface area contributed by atoms with Gasteiger partial charge in [0.25, 0.3) is 0 Å². The predicted octanol–water partition coefficient (Wildman–Crippen LogP) is 21.0. The maximum absolute atomic E-state index is 12.0. The Bertz CT molecular complexity index is 1920. The van der Waals surface area contributed by atoms with E-state index >= 15 is 0 Å². The molecule has 0 spiro atoms. The summed E-state index contributed by atoms with van der Waals surface area (Å²) in [7, 11) is 0. The van der Waals surface area contributed by atoms with Gasteiger partial charge in [-0.1, -0.05) is 203 Å². The summed E-state index contributed by atoms with van der Waals surface area (Å²) in [5.74, 6) is -5.02. The van der Waals surface area contributed by atoms with Crippen LogP contribution in [0.25, 0.3) is 0 Å². The van der Waals surface area contributed by atoms with Crippen LogP contribution < -0.4 is 0 Å². The lowest BCUT2D eigenvalue weighted by Gasteiger charge is -2.03. The Morgan fingerprint density at radius 1 is 0.299 bits per heavy atom. The molecule has 0 heterocycles. The molecular weight excluding hydrogens is 1040 g/mol. The summed E-state index contributed by atoms with van der Waals surface area (Å²) in [6.45, 7) is 6.36. The first kappa shape index (κ1) is 76.4. The van der Waals surface area contributed by atoms with Gasteiger partial charge in [-0.15, -0.1) is 11.8 Å². The molecule has 0 saturated carbocycles. The van der Waals surface area contributed by atoms with Crippen molar-refractivity contribution in [1.82, 2.24) is 0 Å². The van der Waals surface area contributed by atoms with Crippen LogP contribution in [-0.4, -0.2) is 58.9 Å². The lowest BCUT2D eigenvalue weighted by atomic mass is 10.1. The van der Waals surface area contributed by atoms with Gasteiger partial charge in [0.1, 0.15) is 0 Å². The number of halogens is 9. The molecule has 0 fully saturated rings. The molecule has 0 aliphatic rings. The number of hydrogen-bond acceptors (Lipinski definition) is 5. The third-order valence-electron chi connectivity index (χ3n) is 9.53. The number of Topliss-reactive ketones (excluding diaryl/α,β-unsaturated/α-hetero) is 3. The Labute approximate surface area is 465 Å². The number of hydrogen-bond donors (Lipinski definition) is 0. The Balaban J connectivity index is -0.00000107. The smallest absolute Gasteiger partial charge is 0.290 e. The minimum atomic E-state index is -4.71. The first-order valence-corrected chi connectivity index (χ1v) is 29.0. The molecule has 0 amide bonds. The second kappa shape index (κ2) is 57.4. The summed E-state index contributed by atoms with van der Waals surface area (Å²) in [5.41, 5.74) is 0. The topological polar surface area (TPSA) is 51.2 Å². The van der Waals surface area contributed by atoms with Gasteiger partial charge in [-0.3, -0.25) is 14.4 Å². The van der Waals surface area contributed by atoms with Crippen LogP contribution in [0.15, 0.2) is 182 Å². The van der Waals surface area contributed by atoms with Gasteiger partial charge in [-0.05, 0) is 128 Å². The zero-order chi connectivity index (χ0) is 57.8. The predicted molar refractivity (Wildman–Crippen MR) is 314 cm³/mol. The van der Waals surface area contributed by atoms with Crippen molar-refractivity contribution in [3.8, 4) is 0 Å². The van der Waals surface area contributed by atoms with E-state index in [9.17, 15) is 53.9 Å². The van der Waals surface area contributed by atoms with Crippen LogP contribution in [0, 0.1) is 0 Å². The minimum Gasteiger partial charge on any atom is -0.290 e. The van der Waals surface area contributed by atoms with Crippen molar-refractivity contribution in [3.63, 3.8) is 0 Å². The van der Waals surface area contributed by atoms with Gasteiger partial charge in [-0.25, -0.2) is 0 Å². The maximum Gasteiger partial charge on any atom is 0.450 e. The third kappa shape index (κ3) is 65.4. The number of alkyl halides is 9. The van der Waals surface area contributed by atoms with E-state index in [0.717, 1.165) is 126 Å². The molecule has 0 aliphatic heterocycles. The zero-order valence-corrected chi connectivity index (χ0v) is 47.4. The van der Waals surface area contributed by atoms with Gasteiger partial charge in [-0.2, -0.15) is 51.3 Å². The van der Waals surface area contributed by atoms with E-state index in [-0.39, 0.29) is 6.42 Å². The van der Waals surface area contributed by atoms with Crippen molar-refractivity contribution >= 4 is 40.9 Å². The van der Waals surface area contributed by atoms with Gasteiger partial charge in [0, 0.05) is 12.2 Å². The Morgan fingerprint density at radius 2 is 0.545 bits per heavy atom. The van der Waals surface area contributed by atoms with E-state index in [1.807, 2.05) is 42.5 Å². The van der Waals surface area contributed by atoms with Crippen molar-refractivity contribution < 1.29 is 53.9 Å². The molecule has 3 nitrogen and oxygen atoms in total. The Hall–Kier alpha value is -4.82. The average molecular weight is 1130 g/mol. The Kier molecular flexibility index (Phi) is 56.9. The van der Waals surface area contributed by atoms with Crippen LogP contribution in [-0.2, 0) is 14.4 Å². The first-order valence-electron chi connectivity index (χ1n) is 26.6. The highest BCUT2D eigenvalue weighted by Gasteiger charge is 2.38. The van der Waals surface area contributed by atoms with Crippen LogP contribution in [0.3, 0.4) is 0 Å². The van der Waals surface area contributed by atoms with Gasteiger partial charge < -0.3 is 0 Å². The first-order chi connectivity index (χ1) is 36.9. The zero-order valence-electron chi connectivity index (χ0n) is 45.7.